The third-order valence-corrected chi connectivity index (χ3v) is 5.96. The lowest BCUT2D eigenvalue weighted by Crippen LogP contribution is -2.26. The molecule has 21 heavy (non-hydrogen) atoms. The molecule has 2 aromatic rings. The third-order valence-electron chi connectivity index (χ3n) is 2.85. The fourth-order valence-corrected chi connectivity index (χ4v) is 4.53. The quantitative estimate of drug-likeness (QED) is 0.606. The van der Waals surface area contributed by atoms with Gasteiger partial charge in [0.25, 0.3) is 0 Å². The first-order chi connectivity index (χ1) is 9.99. The molecule has 0 aliphatic rings. The molecule has 1 N–H and O–H groups in total. The van der Waals surface area contributed by atoms with Crippen LogP contribution in [0.3, 0.4) is 0 Å². The molecule has 0 aromatic heterocycles. The maximum absolute atomic E-state index is 12.3. The Morgan fingerprint density at radius 2 is 1.86 bits per heavy atom. The molecule has 0 amide bonds. The van der Waals surface area contributed by atoms with Crippen molar-refractivity contribution >= 4 is 37.7 Å². The summed E-state index contributed by atoms with van der Waals surface area (Å²) in [6.07, 6.45) is 0. The summed E-state index contributed by atoms with van der Waals surface area (Å²) in [6, 6.07) is 15.2. The van der Waals surface area contributed by atoms with Gasteiger partial charge in [0.1, 0.15) is 0 Å². The predicted molar refractivity (Wildman–Crippen MR) is 91.2 cm³/mol. The Bertz CT molecular complexity index is 703. The van der Waals surface area contributed by atoms with Gasteiger partial charge in [-0.3, -0.25) is 0 Å². The van der Waals surface area contributed by atoms with Crippen LogP contribution in [0.5, 0.6) is 0 Å². The second kappa shape index (κ2) is 7.45. The molecule has 2 rings (SSSR count). The average molecular weight is 386 g/mol. The van der Waals surface area contributed by atoms with Gasteiger partial charge in [-0.25, -0.2) is 13.1 Å². The molecule has 0 heterocycles. The van der Waals surface area contributed by atoms with Crippen LogP contribution in [0.1, 0.15) is 5.56 Å². The zero-order valence-electron chi connectivity index (χ0n) is 11.5. The van der Waals surface area contributed by atoms with Crippen LogP contribution in [0.2, 0.25) is 0 Å². The van der Waals surface area contributed by atoms with Gasteiger partial charge in [-0.2, -0.15) is 0 Å². The lowest BCUT2D eigenvalue weighted by Gasteiger charge is -2.09. The Morgan fingerprint density at radius 1 is 1.14 bits per heavy atom. The predicted octanol–water partition coefficient (Wildman–Crippen LogP) is 3.83. The smallest absolute Gasteiger partial charge is 0.210 e. The molecule has 3 nitrogen and oxygen atoms in total. The Morgan fingerprint density at radius 3 is 2.57 bits per heavy atom. The van der Waals surface area contributed by atoms with Crippen molar-refractivity contribution in [3.8, 4) is 0 Å². The number of nitrogens with one attached hydrogen (secondary N) is 1. The Labute approximate surface area is 138 Å². The minimum Gasteiger partial charge on any atom is -0.210 e. The van der Waals surface area contributed by atoms with Crippen LogP contribution >= 0.6 is 27.7 Å². The third kappa shape index (κ3) is 4.85. The van der Waals surface area contributed by atoms with Crippen LogP contribution in [0, 0.1) is 6.92 Å². The topological polar surface area (TPSA) is 46.2 Å². The number of hydrogen-bond donors (Lipinski definition) is 1. The van der Waals surface area contributed by atoms with Gasteiger partial charge in [-0.05, 0) is 36.8 Å². The Hall–Kier alpha value is -0.820. The normalized spacial score (nSPS) is 11.5. The maximum Gasteiger partial charge on any atom is 0.240 e. The summed E-state index contributed by atoms with van der Waals surface area (Å²) in [5.41, 5.74) is 0.737. The molecule has 6 heteroatoms. The molecule has 0 fully saturated rings. The van der Waals surface area contributed by atoms with Crippen molar-refractivity contribution in [2.24, 2.45) is 0 Å². The van der Waals surface area contributed by atoms with Gasteiger partial charge in [0.15, 0.2) is 0 Å². The van der Waals surface area contributed by atoms with E-state index in [9.17, 15) is 8.42 Å². The van der Waals surface area contributed by atoms with Crippen molar-refractivity contribution in [1.29, 1.82) is 0 Å². The summed E-state index contributed by atoms with van der Waals surface area (Å²) in [4.78, 5) is 1.46. The number of halogens is 1. The SMILES string of the molecule is Cc1ccc(Br)cc1S(=O)(=O)NCCSc1ccccc1. The molecule has 0 aliphatic carbocycles. The number of rotatable bonds is 6. The molecule has 0 saturated heterocycles. The van der Waals surface area contributed by atoms with Gasteiger partial charge < -0.3 is 0 Å². The van der Waals surface area contributed by atoms with Crippen molar-refractivity contribution in [3.63, 3.8) is 0 Å². The maximum atomic E-state index is 12.3. The highest BCUT2D eigenvalue weighted by Gasteiger charge is 2.16. The fraction of sp³-hybridized carbons (Fsp3) is 0.200. The number of thioether (sulfide) groups is 1. The van der Waals surface area contributed by atoms with Crippen LogP contribution in [0.4, 0.5) is 0 Å². The van der Waals surface area contributed by atoms with Gasteiger partial charge in [0.05, 0.1) is 4.90 Å². The van der Waals surface area contributed by atoms with Crippen LogP contribution in [-0.4, -0.2) is 20.7 Å². The lowest BCUT2D eigenvalue weighted by atomic mass is 10.2. The second-order valence-corrected chi connectivity index (χ2v) is 8.29. The standard InChI is InChI=1S/C15H16BrNO2S2/c1-12-7-8-13(16)11-15(12)21(18,19)17-9-10-20-14-5-3-2-4-6-14/h2-8,11,17H,9-10H2,1H3. The summed E-state index contributed by atoms with van der Waals surface area (Å²) < 4.78 is 28.0. The molecule has 0 unspecified atom stereocenters. The van der Waals surface area contributed by atoms with E-state index in [1.165, 1.54) is 0 Å². The van der Waals surface area contributed by atoms with Gasteiger partial charge >= 0.3 is 0 Å². The lowest BCUT2D eigenvalue weighted by molar-refractivity contribution is 0.583. The summed E-state index contributed by atoms with van der Waals surface area (Å²) in [7, 11) is -3.46. The zero-order chi connectivity index (χ0) is 15.3. The Kier molecular flexibility index (Phi) is 5.87. The average Bonchev–Trinajstić information content (AvgIpc) is 2.47. The van der Waals surface area contributed by atoms with Crippen LogP contribution < -0.4 is 4.72 Å². The van der Waals surface area contributed by atoms with E-state index in [-0.39, 0.29) is 0 Å². The second-order valence-electron chi connectivity index (χ2n) is 4.47. The van der Waals surface area contributed by atoms with Crippen LogP contribution in [0.15, 0.2) is 62.8 Å². The van der Waals surface area contributed by atoms with E-state index in [2.05, 4.69) is 20.7 Å². The highest BCUT2D eigenvalue weighted by Crippen LogP contribution is 2.21. The molecule has 2 aromatic carbocycles. The van der Waals surface area contributed by atoms with E-state index in [0.717, 1.165) is 14.9 Å². The van der Waals surface area contributed by atoms with E-state index >= 15 is 0 Å². The van der Waals surface area contributed by atoms with E-state index in [4.69, 9.17) is 0 Å². The summed E-state index contributed by atoms with van der Waals surface area (Å²) in [5.74, 6) is 0.691. The van der Waals surface area contributed by atoms with Crippen LogP contribution in [-0.2, 0) is 10.0 Å². The largest absolute Gasteiger partial charge is 0.240 e. The van der Waals surface area contributed by atoms with Crippen molar-refractivity contribution in [2.45, 2.75) is 16.7 Å². The molecule has 0 radical (unpaired) electrons. The molecule has 0 aliphatic heterocycles. The van der Waals surface area contributed by atoms with Crippen LogP contribution in [0.25, 0.3) is 0 Å². The molecule has 0 bridgehead atoms. The minimum absolute atomic E-state index is 0.321. The minimum atomic E-state index is -3.46. The Balaban J connectivity index is 1.94. The fourth-order valence-electron chi connectivity index (χ4n) is 1.80. The van der Waals surface area contributed by atoms with Crippen molar-refractivity contribution in [3.05, 3.63) is 58.6 Å². The summed E-state index contributed by atoms with van der Waals surface area (Å²) in [5, 5.41) is 0. The molecular formula is C15H16BrNO2S2. The van der Waals surface area contributed by atoms with E-state index in [0.29, 0.717) is 17.2 Å². The van der Waals surface area contributed by atoms with E-state index in [1.54, 1.807) is 30.8 Å². The van der Waals surface area contributed by atoms with Crippen molar-refractivity contribution < 1.29 is 8.42 Å². The summed E-state index contributed by atoms with van der Waals surface area (Å²) in [6.45, 7) is 2.19. The number of benzene rings is 2. The molecule has 112 valence electrons. The molecule has 0 spiro atoms. The first kappa shape index (κ1) is 16.5. The molecular weight excluding hydrogens is 370 g/mol. The monoisotopic (exact) mass is 385 g/mol. The molecule has 0 saturated carbocycles. The van der Waals surface area contributed by atoms with Gasteiger partial charge in [0.2, 0.25) is 10.0 Å². The number of aryl methyl sites for hydroxylation is 1. The van der Waals surface area contributed by atoms with Gasteiger partial charge in [0, 0.05) is 21.7 Å². The zero-order valence-corrected chi connectivity index (χ0v) is 14.8. The number of sulfonamides is 1. The number of hydrogen-bond acceptors (Lipinski definition) is 3. The van der Waals surface area contributed by atoms with E-state index in [1.807, 2.05) is 36.4 Å². The van der Waals surface area contributed by atoms with Crippen molar-refractivity contribution in [2.75, 3.05) is 12.3 Å². The summed E-state index contributed by atoms with van der Waals surface area (Å²) >= 11 is 4.93. The first-order valence-corrected chi connectivity index (χ1v) is 9.69. The van der Waals surface area contributed by atoms with E-state index < -0.39 is 10.0 Å². The van der Waals surface area contributed by atoms with Gasteiger partial charge in [-0.1, -0.05) is 40.2 Å². The molecule has 0 atom stereocenters. The van der Waals surface area contributed by atoms with Crippen molar-refractivity contribution in [1.82, 2.24) is 4.72 Å². The van der Waals surface area contributed by atoms with Gasteiger partial charge in [-0.15, -0.1) is 11.8 Å². The highest BCUT2D eigenvalue weighted by atomic mass is 79.9. The first-order valence-electron chi connectivity index (χ1n) is 6.43. The highest BCUT2D eigenvalue weighted by molar-refractivity contribution is 9.10.